The van der Waals surface area contributed by atoms with Gasteiger partial charge in [-0.05, 0) is 60.7 Å². The Morgan fingerprint density at radius 3 is 2.64 bits per heavy atom. The molecule has 0 N–H and O–H groups in total. The standard InChI is InChI=1S/C18H17N5OS/c1-12(2)23-18(20-21-22-23)13-7-9-14(10-8-13)24-11-17-19-15-5-3-4-6-16(15)25-17/h3-10,12H,11H2,1-2H3. The van der Waals surface area contributed by atoms with Gasteiger partial charge in [0, 0.05) is 5.56 Å². The van der Waals surface area contributed by atoms with Crippen LogP contribution in [0.2, 0.25) is 0 Å². The van der Waals surface area contributed by atoms with Crippen LogP contribution in [0.4, 0.5) is 0 Å². The van der Waals surface area contributed by atoms with Crippen molar-refractivity contribution in [2.75, 3.05) is 0 Å². The number of tetrazole rings is 1. The van der Waals surface area contributed by atoms with Crippen molar-refractivity contribution >= 4 is 21.6 Å². The van der Waals surface area contributed by atoms with Crippen molar-refractivity contribution in [1.29, 1.82) is 0 Å². The summed E-state index contributed by atoms with van der Waals surface area (Å²) in [4.78, 5) is 4.58. The van der Waals surface area contributed by atoms with E-state index in [9.17, 15) is 0 Å². The summed E-state index contributed by atoms with van der Waals surface area (Å²) in [6, 6.07) is 16.1. The second-order valence-electron chi connectivity index (χ2n) is 5.93. The molecule has 0 aliphatic carbocycles. The number of nitrogens with zero attached hydrogens (tertiary/aromatic N) is 5. The molecule has 4 aromatic rings. The van der Waals surface area contributed by atoms with Gasteiger partial charge in [-0.25, -0.2) is 9.67 Å². The Bertz CT molecular complexity index is 957. The summed E-state index contributed by atoms with van der Waals surface area (Å²) in [5.41, 5.74) is 1.98. The minimum atomic E-state index is 0.208. The summed E-state index contributed by atoms with van der Waals surface area (Å²) in [6.45, 7) is 4.56. The Morgan fingerprint density at radius 1 is 1.08 bits per heavy atom. The van der Waals surface area contributed by atoms with Crippen molar-refractivity contribution < 1.29 is 4.74 Å². The summed E-state index contributed by atoms with van der Waals surface area (Å²) in [5.74, 6) is 1.55. The average Bonchev–Trinajstić information content (AvgIpc) is 3.27. The summed E-state index contributed by atoms with van der Waals surface area (Å²) in [6.07, 6.45) is 0. The van der Waals surface area contributed by atoms with Crippen molar-refractivity contribution in [1.82, 2.24) is 25.2 Å². The first kappa shape index (κ1) is 15.7. The van der Waals surface area contributed by atoms with Gasteiger partial charge in [0.25, 0.3) is 0 Å². The topological polar surface area (TPSA) is 65.7 Å². The first-order valence-corrected chi connectivity index (χ1v) is 8.88. The summed E-state index contributed by atoms with van der Waals surface area (Å²) < 4.78 is 8.84. The highest BCUT2D eigenvalue weighted by atomic mass is 32.1. The summed E-state index contributed by atoms with van der Waals surface area (Å²) >= 11 is 1.66. The Kier molecular flexibility index (Phi) is 4.15. The average molecular weight is 351 g/mol. The van der Waals surface area contributed by atoms with E-state index in [-0.39, 0.29) is 6.04 Å². The molecular weight excluding hydrogens is 334 g/mol. The number of fused-ring (bicyclic) bond motifs is 1. The van der Waals surface area contributed by atoms with Gasteiger partial charge in [0.1, 0.15) is 17.4 Å². The highest BCUT2D eigenvalue weighted by Gasteiger charge is 2.11. The number of ether oxygens (including phenoxy) is 1. The van der Waals surface area contributed by atoms with Gasteiger partial charge in [-0.3, -0.25) is 0 Å². The first-order valence-electron chi connectivity index (χ1n) is 8.06. The maximum Gasteiger partial charge on any atom is 0.182 e. The molecule has 0 aliphatic rings. The third-order valence-corrected chi connectivity index (χ3v) is 4.80. The molecule has 25 heavy (non-hydrogen) atoms. The van der Waals surface area contributed by atoms with E-state index in [0.717, 1.165) is 27.7 Å². The Hall–Kier alpha value is -2.80. The van der Waals surface area contributed by atoms with Crippen molar-refractivity contribution in [2.45, 2.75) is 26.5 Å². The summed E-state index contributed by atoms with van der Waals surface area (Å²) in [7, 11) is 0. The zero-order chi connectivity index (χ0) is 17.2. The van der Waals surface area contributed by atoms with Gasteiger partial charge < -0.3 is 4.74 Å². The van der Waals surface area contributed by atoms with Crippen molar-refractivity contribution in [2.24, 2.45) is 0 Å². The zero-order valence-electron chi connectivity index (χ0n) is 14.0. The van der Waals surface area contributed by atoms with E-state index in [1.807, 2.05) is 42.5 Å². The van der Waals surface area contributed by atoms with Gasteiger partial charge in [-0.1, -0.05) is 12.1 Å². The zero-order valence-corrected chi connectivity index (χ0v) is 14.8. The van der Waals surface area contributed by atoms with Crippen LogP contribution in [0.5, 0.6) is 5.75 Å². The van der Waals surface area contributed by atoms with E-state index < -0.39 is 0 Å². The lowest BCUT2D eigenvalue weighted by molar-refractivity contribution is 0.306. The molecular formula is C18H17N5OS. The molecule has 0 saturated heterocycles. The number of thiazole rings is 1. The fraction of sp³-hybridized carbons (Fsp3) is 0.222. The van der Waals surface area contributed by atoms with Crippen molar-refractivity contribution in [3.05, 3.63) is 53.5 Å². The predicted molar refractivity (Wildman–Crippen MR) is 97.6 cm³/mol. The van der Waals surface area contributed by atoms with Gasteiger partial charge in [-0.2, -0.15) is 0 Å². The van der Waals surface area contributed by atoms with Crippen LogP contribution in [0.15, 0.2) is 48.5 Å². The fourth-order valence-corrected chi connectivity index (χ4v) is 3.44. The summed E-state index contributed by atoms with van der Waals surface area (Å²) in [5, 5.41) is 12.9. The van der Waals surface area contributed by atoms with Crippen LogP contribution >= 0.6 is 11.3 Å². The smallest absolute Gasteiger partial charge is 0.182 e. The van der Waals surface area contributed by atoms with Crippen molar-refractivity contribution in [3.63, 3.8) is 0 Å². The molecule has 6 nitrogen and oxygen atoms in total. The van der Waals surface area contributed by atoms with Gasteiger partial charge in [0.05, 0.1) is 16.3 Å². The fourth-order valence-electron chi connectivity index (χ4n) is 2.56. The predicted octanol–water partition coefficient (Wildman–Crippen LogP) is 4.11. The van der Waals surface area contributed by atoms with E-state index in [4.69, 9.17) is 4.74 Å². The minimum absolute atomic E-state index is 0.208. The molecule has 0 atom stereocenters. The molecule has 0 radical (unpaired) electrons. The molecule has 0 bridgehead atoms. The van der Waals surface area contributed by atoms with E-state index >= 15 is 0 Å². The number of para-hydroxylation sites is 1. The lowest BCUT2D eigenvalue weighted by Crippen LogP contribution is -2.05. The third kappa shape index (κ3) is 3.23. The highest BCUT2D eigenvalue weighted by Crippen LogP contribution is 2.25. The Balaban J connectivity index is 1.48. The third-order valence-electron chi connectivity index (χ3n) is 3.79. The number of rotatable bonds is 5. The highest BCUT2D eigenvalue weighted by molar-refractivity contribution is 7.18. The largest absolute Gasteiger partial charge is 0.486 e. The molecule has 2 aromatic heterocycles. The maximum atomic E-state index is 5.86. The molecule has 4 rings (SSSR count). The Labute approximate surface area is 149 Å². The molecule has 0 fully saturated rings. The molecule has 0 amide bonds. The lowest BCUT2D eigenvalue weighted by atomic mass is 10.2. The van der Waals surface area contributed by atoms with Crippen LogP contribution in [0, 0.1) is 0 Å². The molecule has 2 heterocycles. The first-order chi connectivity index (χ1) is 12.2. The SMILES string of the molecule is CC(C)n1nnnc1-c1ccc(OCc2nc3ccccc3s2)cc1. The molecule has 0 spiro atoms. The van der Waals surface area contributed by atoms with Gasteiger partial charge >= 0.3 is 0 Å². The normalized spacial score (nSPS) is 11.3. The van der Waals surface area contributed by atoms with Crippen LogP contribution in [-0.2, 0) is 6.61 Å². The molecule has 0 saturated carbocycles. The van der Waals surface area contributed by atoms with E-state index in [2.05, 4.69) is 40.4 Å². The molecule has 126 valence electrons. The molecule has 0 aliphatic heterocycles. The number of aromatic nitrogens is 5. The number of hydrogen-bond acceptors (Lipinski definition) is 6. The molecule has 0 unspecified atom stereocenters. The minimum Gasteiger partial charge on any atom is -0.486 e. The second-order valence-corrected chi connectivity index (χ2v) is 7.04. The van der Waals surface area contributed by atoms with Crippen LogP contribution in [-0.4, -0.2) is 25.2 Å². The van der Waals surface area contributed by atoms with E-state index in [1.165, 1.54) is 4.70 Å². The number of benzene rings is 2. The van der Waals surface area contributed by atoms with Gasteiger partial charge in [0.15, 0.2) is 5.82 Å². The van der Waals surface area contributed by atoms with Gasteiger partial charge in [0.2, 0.25) is 0 Å². The number of hydrogen-bond donors (Lipinski definition) is 0. The van der Waals surface area contributed by atoms with Crippen LogP contribution in [0.1, 0.15) is 24.9 Å². The monoisotopic (exact) mass is 351 g/mol. The quantitative estimate of drug-likeness (QED) is 0.541. The molecule has 7 heteroatoms. The van der Waals surface area contributed by atoms with Crippen LogP contribution in [0.25, 0.3) is 21.6 Å². The maximum absolute atomic E-state index is 5.86. The lowest BCUT2D eigenvalue weighted by Gasteiger charge is -2.08. The van der Waals surface area contributed by atoms with Gasteiger partial charge in [-0.15, -0.1) is 16.4 Å². The van der Waals surface area contributed by atoms with Crippen LogP contribution < -0.4 is 4.74 Å². The molecule has 2 aromatic carbocycles. The second kappa shape index (κ2) is 6.60. The Morgan fingerprint density at radius 2 is 1.88 bits per heavy atom. The van der Waals surface area contributed by atoms with Crippen LogP contribution in [0.3, 0.4) is 0 Å². The van der Waals surface area contributed by atoms with E-state index in [0.29, 0.717) is 6.61 Å². The van der Waals surface area contributed by atoms with E-state index in [1.54, 1.807) is 16.0 Å². The van der Waals surface area contributed by atoms with Crippen molar-refractivity contribution in [3.8, 4) is 17.1 Å².